The summed E-state index contributed by atoms with van der Waals surface area (Å²) >= 11 is 5.84. The minimum Gasteiger partial charge on any atom is -0.497 e. The van der Waals surface area contributed by atoms with E-state index in [1.54, 1.807) is 7.11 Å². The number of methoxy groups -OCH3 is 1. The summed E-state index contributed by atoms with van der Waals surface area (Å²) < 4.78 is 5.14. The normalized spacial score (nSPS) is 10.2. The van der Waals surface area contributed by atoms with E-state index in [9.17, 15) is 0 Å². The largest absolute Gasteiger partial charge is 0.497 e. The van der Waals surface area contributed by atoms with Gasteiger partial charge in [-0.25, -0.2) is 0 Å². The fourth-order valence-corrected chi connectivity index (χ4v) is 2.01. The maximum absolute atomic E-state index is 5.84. The second-order valence-corrected chi connectivity index (χ2v) is 4.82. The highest BCUT2D eigenvalue weighted by Crippen LogP contribution is 2.14. The highest BCUT2D eigenvalue weighted by Gasteiger charge is 1.96. The van der Waals surface area contributed by atoms with Crippen LogP contribution in [0.4, 0.5) is 5.69 Å². The molecule has 19 heavy (non-hydrogen) atoms. The lowest BCUT2D eigenvalue weighted by Gasteiger charge is -2.07. The van der Waals surface area contributed by atoms with Gasteiger partial charge in [0.15, 0.2) is 0 Å². The van der Waals surface area contributed by atoms with Crippen LogP contribution in [0, 0.1) is 0 Å². The van der Waals surface area contributed by atoms with Crippen molar-refractivity contribution in [1.29, 1.82) is 0 Å². The number of aryl methyl sites for hydroxylation is 1. The summed E-state index contributed by atoms with van der Waals surface area (Å²) in [6.45, 7) is 0.952. The fourth-order valence-electron chi connectivity index (χ4n) is 1.89. The van der Waals surface area contributed by atoms with Gasteiger partial charge in [-0.05, 0) is 54.8 Å². The molecule has 2 aromatic carbocycles. The van der Waals surface area contributed by atoms with Crippen molar-refractivity contribution in [2.24, 2.45) is 0 Å². The third-order valence-electron chi connectivity index (χ3n) is 2.97. The zero-order valence-electron chi connectivity index (χ0n) is 11.0. The zero-order chi connectivity index (χ0) is 13.5. The first kappa shape index (κ1) is 13.8. The van der Waals surface area contributed by atoms with Gasteiger partial charge in [0.1, 0.15) is 5.75 Å². The van der Waals surface area contributed by atoms with Crippen molar-refractivity contribution in [1.82, 2.24) is 0 Å². The van der Waals surface area contributed by atoms with Crippen molar-refractivity contribution in [3.05, 3.63) is 59.1 Å². The van der Waals surface area contributed by atoms with Crippen LogP contribution < -0.4 is 10.1 Å². The van der Waals surface area contributed by atoms with Crippen molar-refractivity contribution in [3.63, 3.8) is 0 Å². The summed E-state index contributed by atoms with van der Waals surface area (Å²) in [6.07, 6.45) is 2.15. The highest BCUT2D eigenvalue weighted by atomic mass is 35.5. The van der Waals surface area contributed by atoms with Gasteiger partial charge in [0, 0.05) is 17.3 Å². The van der Waals surface area contributed by atoms with Crippen LogP contribution in [0.25, 0.3) is 0 Å². The molecule has 0 amide bonds. The second-order valence-electron chi connectivity index (χ2n) is 4.39. The van der Waals surface area contributed by atoms with E-state index >= 15 is 0 Å². The van der Waals surface area contributed by atoms with Crippen LogP contribution in [-0.4, -0.2) is 13.7 Å². The predicted octanol–water partition coefficient (Wildman–Crippen LogP) is 4.39. The first-order chi connectivity index (χ1) is 9.28. The molecule has 0 atom stereocenters. The summed E-state index contributed by atoms with van der Waals surface area (Å²) in [6, 6.07) is 16.0. The third-order valence-corrected chi connectivity index (χ3v) is 3.23. The molecule has 0 fully saturated rings. The number of anilines is 1. The Morgan fingerprint density at radius 3 is 2.32 bits per heavy atom. The molecule has 1 N–H and O–H groups in total. The van der Waals surface area contributed by atoms with Crippen molar-refractivity contribution in [3.8, 4) is 5.75 Å². The van der Waals surface area contributed by atoms with E-state index < -0.39 is 0 Å². The summed E-state index contributed by atoms with van der Waals surface area (Å²) in [4.78, 5) is 0. The summed E-state index contributed by atoms with van der Waals surface area (Å²) in [5.41, 5.74) is 2.44. The number of nitrogens with one attached hydrogen (secondary N) is 1. The van der Waals surface area contributed by atoms with Gasteiger partial charge in [-0.15, -0.1) is 0 Å². The van der Waals surface area contributed by atoms with Crippen molar-refractivity contribution >= 4 is 17.3 Å². The third kappa shape index (κ3) is 4.49. The molecule has 2 aromatic rings. The van der Waals surface area contributed by atoms with E-state index in [2.05, 4.69) is 17.4 Å². The maximum Gasteiger partial charge on any atom is 0.118 e. The van der Waals surface area contributed by atoms with Crippen molar-refractivity contribution in [2.75, 3.05) is 19.0 Å². The SMILES string of the molecule is COc1ccc(CCCNc2ccc(Cl)cc2)cc1. The number of hydrogen-bond acceptors (Lipinski definition) is 2. The Bertz CT molecular complexity index is 493. The molecule has 0 spiro atoms. The number of ether oxygens (including phenoxy) is 1. The number of halogens is 1. The molecule has 0 bridgehead atoms. The number of rotatable bonds is 6. The molecule has 0 radical (unpaired) electrons. The minimum absolute atomic E-state index is 0.767. The number of benzene rings is 2. The van der Waals surface area contributed by atoms with Crippen molar-refractivity contribution in [2.45, 2.75) is 12.8 Å². The van der Waals surface area contributed by atoms with E-state index in [1.807, 2.05) is 36.4 Å². The zero-order valence-corrected chi connectivity index (χ0v) is 11.8. The molecule has 100 valence electrons. The van der Waals surface area contributed by atoms with Crippen LogP contribution in [0.2, 0.25) is 5.02 Å². The molecule has 3 heteroatoms. The maximum atomic E-state index is 5.84. The minimum atomic E-state index is 0.767. The lowest BCUT2D eigenvalue weighted by molar-refractivity contribution is 0.414. The lowest BCUT2D eigenvalue weighted by atomic mass is 10.1. The van der Waals surface area contributed by atoms with Gasteiger partial charge in [0.25, 0.3) is 0 Å². The molecule has 0 aromatic heterocycles. The Balaban J connectivity index is 1.72. The van der Waals surface area contributed by atoms with Crippen LogP contribution in [-0.2, 0) is 6.42 Å². The molecule has 0 heterocycles. The Morgan fingerprint density at radius 2 is 1.68 bits per heavy atom. The van der Waals surface area contributed by atoms with Crippen LogP contribution in [0.3, 0.4) is 0 Å². The monoisotopic (exact) mass is 275 g/mol. The van der Waals surface area contributed by atoms with E-state index in [0.29, 0.717) is 0 Å². The van der Waals surface area contributed by atoms with Gasteiger partial charge in [-0.1, -0.05) is 23.7 Å². The molecule has 0 saturated heterocycles. The topological polar surface area (TPSA) is 21.3 Å². The smallest absolute Gasteiger partial charge is 0.118 e. The summed E-state index contributed by atoms with van der Waals surface area (Å²) in [7, 11) is 1.69. The van der Waals surface area contributed by atoms with Gasteiger partial charge >= 0.3 is 0 Å². The first-order valence-corrected chi connectivity index (χ1v) is 6.78. The standard InChI is InChI=1S/C16H18ClNO/c1-19-16-10-4-13(5-11-16)3-2-12-18-15-8-6-14(17)7-9-15/h4-11,18H,2-3,12H2,1H3. The van der Waals surface area contributed by atoms with Gasteiger partial charge in [-0.3, -0.25) is 0 Å². The molecule has 2 rings (SSSR count). The molecule has 2 nitrogen and oxygen atoms in total. The van der Waals surface area contributed by atoms with Crippen LogP contribution in [0.1, 0.15) is 12.0 Å². The lowest BCUT2D eigenvalue weighted by Crippen LogP contribution is -2.02. The van der Waals surface area contributed by atoms with Crippen LogP contribution in [0.5, 0.6) is 5.75 Å². The average Bonchev–Trinajstić information content (AvgIpc) is 2.46. The highest BCUT2D eigenvalue weighted by molar-refractivity contribution is 6.30. The summed E-state index contributed by atoms with van der Waals surface area (Å²) in [5, 5.41) is 4.15. The van der Waals surface area contributed by atoms with Gasteiger partial charge in [0.05, 0.1) is 7.11 Å². The molecular weight excluding hydrogens is 258 g/mol. The molecule has 0 unspecified atom stereocenters. The van der Waals surface area contributed by atoms with Gasteiger partial charge in [0.2, 0.25) is 0 Å². The Hall–Kier alpha value is -1.67. The molecular formula is C16H18ClNO. The Labute approximate surface area is 119 Å². The van der Waals surface area contributed by atoms with Crippen molar-refractivity contribution < 1.29 is 4.74 Å². The summed E-state index contributed by atoms with van der Waals surface area (Å²) in [5.74, 6) is 0.906. The number of hydrogen-bond donors (Lipinski definition) is 1. The Kier molecular flexibility index (Phi) is 5.10. The quantitative estimate of drug-likeness (QED) is 0.789. The van der Waals surface area contributed by atoms with E-state index in [4.69, 9.17) is 16.3 Å². The molecule has 0 aliphatic carbocycles. The molecule has 0 saturated carbocycles. The first-order valence-electron chi connectivity index (χ1n) is 6.40. The molecule has 0 aliphatic rings. The van der Waals surface area contributed by atoms with E-state index in [-0.39, 0.29) is 0 Å². The van der Waals surface area contributed by atoms with Crippen LogP contribution in [0.15, 0.2) is 48.5 Å². The second kappa shape index (κ2) is 7.05. The van der Waals surface area contributed by atoms with E-state index in [0.717, 1.165) is 35.8 Å². The van der Waals surface area contributed by atoms with Gasteiger partial charge in [-0.2, -0.15) is 0 Å². The van der Waals surface area contributed by atoms with Crippen LogP contribution >= 0.6 is 11.6 Å². The molecule has 0 aliphatic heterocycles. The average molecular weight is 276 g/mol. The van der Waals surface area contributed by atoms with Gasteiger partial charge < -0.3 is 10.1 Å². The predicted molar refractivity (Wildman–Crippen MR) is 81.3 cm³/mol. The van der Waals surface area contributed by atoms with E-state index in [1.165, 1.54) is 5.56 Å². The Morgan fingerprint density at radius 1 is 1.00 bits per heavy atom. The fraction of sp³-hybridized carbons (Fsp3) is 0.250.